The molecule has 44 heavy (non-hydrogen) atoms. The highest BCUT2D eigenvalue weighted by Gasteiger charge is 2.19. The van der Waals surface area contributed by atoms with Gasteiger partial charge in [-0.3, -0.25) is 9.20 Å². The first-order chi connectivity index (χ1) is 21.7. The number of benzene rings is 3. The van der Waals surface area contributed by atoms with Crippen LogP contribution in [0.5, 0.6) is 0 Å². The molecule has 0 atom stereocenters. The first kappa shape index (κ1) is 27.8. The highest BCUT2D eigenvalue weighted by molar-refractivity contribution is 7.15. The Bertz CT molecular complexity index is 1870. The zero-order valence-corrected chi connectivity index (χ0v) is 25.1. The van der Waals surface area contributed by atoms with E-state index in [1.807, 2.05) is 72.2 Å². The van der Waals surface area contributed by atoms with E-state index in [-0.39, 0.29) is 5.91 Å². The maximum absolute atomic E-state index is 12.8. The number of aromatic nitrogens is 4. The van der Waals surface area contributed by atoms with Crippen LogP contribution in [0.4, 0.5) is 23.0 Å². The first-order valence-corrected chi connectivity index (χ1v) is 15.9. The fourth-order valence-corrected chi connectivity index (χ4v) is 6.40. The number of rotatable bonds is 9. The Morgan fingerprint density at radius 3 is 2.55 bits per heavy atom. The third kappa shape index (κ3) is 6.18. The number of thiazole rings is 1. The van der Waals surface area contributed by atoms with Crippen LogP contribution in [0.25, 0.3) is 27.6 Å². The number of piperidine rings is 1. The second-order valence-corrected chi connectivity index (χ2v) is 11.8. The highest BCUT2D eigenvalue weighted by Crippen LogP contribution is 2.35. The Hall–Kier alpha value is -5.02. The molecular formula is C35H33N7OS. The Balaban J connectivity index is 1.12. The topological polar surface area (TPSA) is 87.5 Å². The van der Waals surface area contributed by atoms with Crippen molar-refractivity contribution in [2.75, 3.05) is 28.6 Å². The van der Waals surface area contributed by atoms with Crippen molar-refractivity contribution in [3.63, 3.8) is 0 Å². The van der Waals surface area contributed by atoms with Gasteiger partial charge in [-0.05, 0) is 73.7 Å². The number of fused-ring (bicyclic) bond motifs is 1. The molecule has 0 saturated carbocycles. The molecule has 0 aliphatic carbocycles. The lowest BCUT2D eigenvalue weighted by atomic mass is 10.1. The van der Waals surface area contributed by atoms with Crippen molar-refractivity contribution in [1.29, 1.82) is 0 Å². The number of nitrogens with one attached hydrogen (secondary N) is 2. The number of aryl methyl sites for hydroxylation is 1. The Labute approximate surface area is 260 Å². The third-order valence-electron chi connectivity index (χ3n) is 7.91. The summed E-state index contributed by atoms with van der Waals surface area (Å²) >= 11 is 1.57. The summed E-state index contributed by atoms with van der Waals surface area (Å²) in [4.78, 5) is 30.4. The van der Waals surface area contributed by atoms with Crippen molar-refractivity contribution in [2.24, 2.45) is 0 Å². The first-order valence-electron chi connectivity index (χ1n) is 15.0. The molecular weight excluding hydrogens is 567 g/mol. The SMILES string of the molecule is O=C(CCc1ccccc1)Nc1cccc(-c2nc3sccn3c2-c2ccnc(Nc3ccc(N4CCCCC4)cc3)n2)c1. The lowest BCUT2D eigenvalue weighted by molar-refractivity contribution is -0.116. The van der Waals surface area contributed by atoms with Gasteiger partial charge in [0.05, 0.1) is 11.4 Å². The minimum absolute atomic E-state index is 0.0208. The standard InChI is InChI=1S/C35H33N7OS/c43-31(17-12-25-8-3-1-4-9-25)37-28-11-7-10-26(24-28)32-33(42-22-23-44-35(42)40-32)30-18-19-36-34(39-30)38-27-13-15-29(16-14-27)41-20-5-2-6-21-41/h1,3-4,7-11,13-16,18-19,22-24H,2,5-6,12,17,20-21H2,(H,37,43)(H,36,38,39). The molecule has 4 heterocycles. The molecule has 1 saturated heterocycles. The van der Waals surface area contributed by atoms with Crippen molar-refractivity contribution in [1.82, 2.24) is 19.4 Å². The second-order valence-electron chi connectivity index (χ2n) is 11.0. The van der Waals surface area contributed by atoms with Gasteiger partial charge in [0.15, 0.2) is 4.96 Å². The van der Waals surface area contributed by atoms with Crippen LogP contribution in [-0.4, -0.2) is 38.3 Å². The largest absolute Gasteiger partial charge is 0.372 e. The average molecular weight is 600 g/mol. The summed E-state index contributed by atoms with van der Waals surface area (Å²) in [6.07, 6.45) is 8.71. The van der Waals surface area contributed by atoms with E-state index in [4.69, 9.17) is 9.97 Å². The van der Waals surface area contributed by atoms with Crippen molar-refractivity contribution >= 4 is 45.2 Å². The molecule has 1 aliphatic heterocycles. The van der Waals surface area contributed by atoms with Crippen molar-refractivity contribution in [3.05, 3.63) is 108 Å². The zero-order chi connectivity index (χ0) is 29.7. The van der Waals surface area contributed by atoms with Crippen LogP contribution in [0, 0.1) is 0 Å². The molecule has 3 aromatic heterocycles. The number of amides is 1. The molecule has 2 N–H and O–H groups in total. The number of nitrogens with zero attached hydrogens (tertiary/aromatic N) is 5. The summed E-state index contributed by atoms with van der Waals surface area (Å²) in [6.45, 7) is 2.23. The third-order valence-corrected chi connectivity index (χ3v) is 8.66. The minimum Gasteiger partial charge on any atom is -0.372 e. The quantitative estimate of drug-likeness (QED) is 0.176. The van der Waals surface area contributed by atoms with Gasteiger partial charge in [0, 0.05) is 59.9 Å². The fourth-order valence-electron chi connectivity index (χ4n) is 5.69. The summed E-state index contributed by atoms with van der Waals surface area (Å²) in [5.41, 5.74) is 7.40. The second kappa shape index (κ2) is 12.7. The van der Waals surface area contributed by atoms with E-state index in [0.717, 1.165) is 57.6 Å². The smallest absolute Gasteiger partial charge is 0.227 e. The summed E-state index contributed by atoms with van der Waals surface area (Å²) < 4.78 is 2.06. The van der Waals surface area contributed by atoms with Gasteiger partial charge in [-0.15, -0.1) is 11.3 Å². The van der Waals surface area contributed by atoms with E-state index in [2.05, 4.69) is 49.2 Å². The number of carbonyl (C=O) groups is 1. The van der Waals surface area contributed by atoms with Gasteiger partial charge in [-0.25, -0.2) is 15.0 Å². The summed E-state index contributed by atoms with van der Waals surface area (Å²) in [5, 5.41) is 8.45. The molecule has 220 valence electrons. The molecule has 1 aliphatic rings. The lowest BCUT2D eigenvalue weighted by Gasteiger charge is -2.28. The maximum Gasteiger partial charge on any atom is 0.227 e. The molecule has 7 rings (SSSR count). The van der Waals surface area contributed by atoms with Crippen LogP contribution in [0.1, 0.15) is 31.2 Å². The molecule has 9 heteroatoms. The van der Waals surface area contributed by atoms with Crippen LogP contribution in [-0.2, 0) is 11.2 Å². The highest BCUT2D eigenvalue weighted by atomic mass is 32.1. The van der Waals surface area contributed by atoms with E-state index in [9.17, 15) is 4.79 Å². The van der Waals surface area contributed by atoms with E-state index in [0.29, 0.717) is 18.8 Å². The predicted molar refractivity (Wildman–Crippen MR) is 179 cm³/mol. The molecule has 1 amide bonds. The number of hydrogen-bond acceptors (Lipinski definition) is 7. The Kier molecular flexibility index (Phi) is 8.01. The van der Waals surface area contributed by atoms with Crippen LogP contribution >= 0.6 is 11.3 Å². The summed E-state index contributed by atoms with van der Waals surface area (Å²) in [5.74, 6) is 0.497. The van der Waals surface area contributed by atoms with Crippen LogP contribution < -0.4 is 15.5 Å². The molecule has 0 spiro atoms. The molecule has 0 radical (unpaired) electrons. The molecule has 3 aromatic carbocycles. The van der Waals surface area contributed by atoms with Gasteiger partial charge in [-0.1, -0.05) is 42.5 Å². The van der Waals surface area contributed by atoms with E-state index < -0.39 is 0 Å². The molecule has 6 aromatic rings. The molecule has 0 unspecified atom stereocenters. The average Bonchev–Trinajstić information content (AvgIpc) is 3.67. The number of anilines is 4. The molecule has 8 nitrogen and oxygen atoms in total. The lowest BCUT2D eigenvalue weighted by Crippen LogP contribution is -2.29. The van der Waals surface area contributed by atoms with Crippen molar-refractivity contribution in [2.45, 2.75) is 32.1 Å². The van der Waals surface area contributed by atoms with Crippen LogP contribution in [0.3, 0.4) is 0 Å². The fraction of sp³-hybridized carbons (Fsp3) is 0.200. The molecule has 1 fully saturated rings. The van der Waals surface area contributed by atoms with E-state index >= 15 is 0 Å². The van der Waals surface area contributed by atoms with Gasteiger partial charge in [0.25, 0.3) is 0 Å². The van der Waals surface area contributed by atoms with E-state index in [1.165, 1.54) is 24.9 Å². The van der Waals surface area contributed by atoms with Gasteiger partial charge in [-0.2, -0.15) is 0 Å². The number of carbonyl (C=O) groups excluding carboxylic acids is 1. The Morgan fingerprint density at radius 1 is 0.864 bits per heavy atom. The summed E-state index contributed by atoms with van der Waals surface area (Å²) in [7, 11) is 0. The van der Waals surface area contributed by atoms with Crippen LogP contribution in [0.15, 0.2) is 103 Å². The normalized spacial score (nSPS) is 13.2. The van der Waals surface area contributed by atoms with Gasteiger partial charge in [0.2, 0.25) is 11.9 Å². The molecule has 0 bridgehead atoms. The van der Waals surface area contributed by atoms with E-state index in [1.54, 1.807) is 17.5 Å². The van der Waals surface area contributed by atoms with Gasteiger partial charge < -0.3 is 15.5 Å². The van der Waals surface area contributed by atoms with Crippen molar-refractivity contribution in [3.8, 4) is 22.6 Å². The Morgan fingerprint density at radius 2 is 1.70 bits per heavy atom. The monoisotopic (exact) mass is 599 g/mol. The number of hydrogen-bond donors (Lipinski definition) is 2. The van der Waals surface area contributed by atoms with Gasteiger partial charge in [0.1, 0.15) is 5.69 Å². The number of imidazole rings is 1. The maximum atomic E-state index is 12.8. The summed E-state index contributed by atoms with van der Waals surface area (Å²) in [6, 6.07) is 28.3. The van der Waals surface area contributed by atoms with Gasteiger partial charge >= 0.3 is 0 Å². The minimum atomic E-state index is -0.0208. The van der Waals surface area contributed by atoms with Crippen molar-refractivity contribution < 1.29 is 4.79 Å². The predicted octanol–water partition coefficient (Wildman–Crippen LogP) is 7.83. The van der Waals surface area contributed by atoms with Crippen LogP contribution in [0.2, 0.25) is 0 Å². The zero-order valence-electron chi connectivity index (χ0n) is 24.3.